The number of fused-ring (bicyclic) bond motifs is 1. The molecule has 1 saturated heterocycles. The fourth-order valence-corrected chi connectivity index (χ4v) is 4.90. The molecule has 0 radical (unpaired) electrons. The first-order valence-corrected chi connectivity index (χ1v) is 12.1. The third-order valence-electron chi connectivity index (χ3n) is 6.64. The number of ether oxygens (including phenoxy) is 2. The van der Waals surface area contributed by atoms with Crippen molar-refractivity contribution < 1.29 is 22.6 Å². The maximum Gasteiger partial charge on any atom is 0.224 e. The number of rotatable bonds is 7. The number of imidazole rings is 1. The summed E-state index contributed by atoms with van der Waals surface area (Å²) in [5, 5.41) is 6.16. The van der Waals surface area contributed by atoms with Gasteiger partial charge in [0.05, 0.1) is 12.3 Å². The molecule has 0 bridgehead atoms. The summed E-state index contributed by atoms with van der Waals surface area (Å²) in [5.41, 5.74) is 0.586. The van der Waals surface area contributed by atoms with Gasteiger partial charge in [0.2, 0.25) is 11.9 Å². The highest BCUT2D eigenvalue weighted by molar-refractivity contribution is 5.76. The van der Waals surface area contributed by atoms with Crippen LogP contribution in [-0.4, -0.2) is 51.5 Å². The minimum atomic E-state index is -1.04. The molecule has 0 unspecified atom stereocenters. The zero-order chi connectivity index (χ0) is 24.4. The van der Waals surface area contributed by atoms with Crippen LogP contribution in [0, 0.1) is 17.5 Å². The summed E-state index contributed by atoms with van der Waals surface area (Å²) in [6.45, 7) is 3.85. The Hall–Kier alpha value is -2.92. The Bertz CT molecular complexity index is 1150. The Kier molecular flexibility index (Phi) is 7.05. The number of nitrogens with zero attached hydrogens (tertiary/aromatic N) is 4. The smallest absolute Gasteiger partial charge is 0.224 e. The second-order valence-corrected chi connectivity index (χ2v) is 8.99. The molecule has 3 aromatic rings. The van der Waals surface area contributed by atoms with Gasteiger partial charge in [0, 0.05) is 44.0 Å². The minimum absolute atomic E-state index is 0.0350. The number of benzene rings is 1. The van der Waals surface area contributed by atoms with Crippen molar-refractivity contribution >= 4 is 28.7 Å². The van der Waals surface area contributed by atoms with Gasteiger partial charge >= 0.3 is 0 Å². The van der Waals surface area contributed by atoms with E-state index in [9.17, 15) is 13.2 Å². The molecule has 1 saturated carbocycles. The highest BCUT2D eigenvalue weighted by atomic mass is 19.1. The van der Waals surface area contributed by atoms with E-state index in [1.807, 2.05) is 11.5 Å². The predicted molar refractivity (Wildman–Crippen MR) is 125 cm³/mol. The van der Waals surface area contributed by atoms with Gasteiger partial charge < -0.3 is 20.1 Å². The molecule has 2 fully saturated rings. The number of nitrogens with one attached hydrogen (secondary N) is 2. The van der Waals surface area contributed by atoms with Crippen molar-refractivity contribution in [3.8, 4) is 0 Å². The third kappa shape index (κ3) is 5.20. The molecule has 8 nitrogen and oxygen atoms in total. The van der Waals surface area contributed by atoms with Crippen LogP contribution in [0.15, 0.2) is 18.3 Å². The summed E-state index contributed by atoms with van der Waals surface area (Å²) >= 11 is 0. The molecule has 5 rings (SSSR count). The Labute approximate surface area is 201 Å². The molecule has 2 aromatic heterocycles. The third-order valence-corrected chi connectivity index (χ3v) is 6.64. The van der Waals surface area contributed by atoms with Crippen molar-refractivity contribution in [2.75, 3.05) is 30.5 Å². The standard InChI is InChI=1S/C24H29F3N6O2/c1-2-35-17-5-3-15(4-6-17)29-23-28-13-20-22(32-23)33(16-7-9-34-10-8-16)24(30-20)31-21-18(26)11-14(25)12-19(21)27/h11-13,15-17H,2-10H2,1H3,(H,30,31)(H,28,29,32). The van der Waals surface area contributed by atoms with Gasteiger partial charge in [0.25, 0.3) is 0 Å². The molecular formula is C24H29F3N6O2. The van der Waals surface area contributed by atoms with E-state index in [-0.39, 0.29) is 18.0 Å². The Balaban J connectivity index is 1.45. The zero-order valence-corrected chi connectivity index (χ0v) is 19.6. The molecule has 1 aliphatic carbocycles. The van der Waals surface area contributed by atoms with Crippen LogP contribution >= 0.6 is 0 Å². The van der Waals surface area contributed by atoms with Crippen molar-refractivity contribution in [3.05, 3.63) is 35.8 Å². The SMILES string of the molecule is CCOC1CCC(Nc2ncc3nc(Nc4c(F)cc(F)cc4F)n(C4CCOCC4)c3n2)CC1. The normalized spacial score (nSPS) is 21.4. The zero-order valence-electron chi connectivity index (χ0n) is 19.6. The maximum absolute atomic E-state index is 14.4. The number of hydrogen-bond acceptors (Lipinski definition) is 7. The van der Waals surface area contributed by atoms with Gasteiger partial charge in [-0.1, -0.05) is 0 Å². The Morgan fingerprint density at radius 2 is 1.74 bits per heavy atom. The van der Waals surface area contributed by atoms with Crippen molar-refractivity contribution in [1.82, 2.24) is 19.5 Å². The quantitative estimate of drug-likeness (QED) is 0.477. The van der Waals surface area contributed by atoms with Crippen molar-refractivity contribution in [3.63, 3.8) is 0 Å². The first kappa shape index (κ1) is 23.8. The van der Waals surface area contributed by atoms with Gasteiger partial charge in [-0.25, -0.2) is 23.1 Å². The average Bonchev–Trinajstić information content (AvgIpc) is 3.20. The predicted octanol–water partition coefficient (Wildman–Crippen LogP) is 5.10. The van der Waals surface area contributed by atoms with Gasteiger partial charge in [0.15, 0.2) is 17.3 Å². The van der Waals surface area contributed by atoms with Crippen LogP contribution in [0.4, 0.5) is 30.8 Å². The van der Waals surface area contributed by atoms with E-state index in [1.54, 1.807) is 6.20 Å². The highest BCUT2D eigenvalue weighted by Crippen LogP contribution is 2.33. The van der Waals surface area contributed by atoms with Gasteiger partial charge in [-0.15, -0.1) is 0 Å². The van der Waals surface area contributed by atoms with Crippen LogP contribution in [0.2, 0.25) is 0 Å². The average molecular weight is 491 g/mol. The summed E-state index contributed by atoms with van der Waals surface area (Å²) in [6, 6.07) is 1.47. The van der Waals surface area contributed by atoms with Crippen molar-refractivity contribution in [2.45, 2.75) is 63.6 Å². The van der Waals surface area contributed by atoms with Gasteiger partial charge in [-0.3, -0.25) is 4.57 Å². The monoisotopic (exact) mass is 490 g/mol. The van der Waals surface area contributed by atoms with Gasteiger partial charge in [-0.2, -0.15) is 4.98 Å². The molecule has 0 spiro atoms. The molecule has 1 aromatic carbocycles. The fraction of sp³-hybridized carbons (Fsp3) is 0.542. The summed E-state index contributed by atoms with van der Waals surface area (Å²) in [5.74, 6) is -2.36. The number of anilines is 3. The minimum Gasteiger partial charge on any atom is -0.381 e. The van der Waals surface area contributed by atoms with Crippen molar-refractivity contribution in [1.29, 1.82) is 0 Å². The Morgan fingerprint density at radius 3 is 2.43 bits per heavy atom. The highest BCUT2D eigenvalue weighted by Gasteiger charge is 2.26. The van der Waals surface area contributed by atoms with E-state index in [4.69, 9.17) is 14.5 Å². The molecule has 188 valence electrons. The van der Waals surface area contributed by atoms with Gasteiger partial charge in [-0.05, 0) is 45.4 Å². The second kappa shape index (κ2) is 10.4. The van der Waals surface area contributed by atoms with E-state index in [1.165, 1.54) is 0 Å². The fourth-order valence-electron chi connectivity index (χ4n) is 4.90. The lowest BCUT2D eigenvalue weighted by Gasteiger charge is -2.29. The molecular weight excluding hydrogens is 461 g/mol. The van der Waals surface area contributed by atoms with Gasteiger partial charge in [0.1, 0.15) is 17.0 Å². The lowest BCUT2D eigenvalue weighted by molar-refractivity contribution is 0.0346. The molecule has 11 heteroatoms. The van der Waals surface area contributed by atoms with E-state index in [0.717, 1.165) is 32.3 Å². The first-order chi connectivity index (χ1) is 17.0. The number of aromatic nitrogens is 4. The van der Waals surface area contributed by atoms with Crippen molar-refractivity contribution in [2.24, 2.45) is 0 Å². The van der Waals surface area contributed by atoms with Crippen LogP contribution < -0.4 is 10.6 Å². The summed E-state index contributed by atoms with van der Waals surface area (Å²) in [6.07, 6.45) is 7.19. The molecule has 3 heterocycles. The lowest BCUT2D eigenvalue weighted by atomic mass is 9.93. The van der Waals surface area contributed by atoms with Crippen LogP contribution in [0.3, 0.4) is 0 Å². The lowest BCUT2D eigenvalue weighted by Crippen LogP contribution is -2.30. The van der Waals surface area contributed by atoms with Crippen LogP contribution in [0.5, 0.6) is 0 Å². The van der Waals surface area contributed by atoms with E-state index < -0.39 is 23.1 Å². The van der Waals surface area contributed by atoms with Crippen LogP contribution in [0.1, 0.15) is 51.5 Å². The summed E-state index contributed by atoms with van der Waals surface area (Å²) in [7, 11) is 0. The number of halogens is 3. The molecule has 2 aliphatic rings. The second-order valence-electron chi connectivity index (χ2n) is 8.99. The molecule has 1 aliphatic heterocycles. The Morgan fingerprint density at radius 1 is 1.03 bits per heavy atom. The topological polar surface area (TPSA) is 86.1 Å². The first-order valence-electron chi connectivity index (χ1n) is 12.1. The summed E-state index contributed by atoms with van der Waals surface area (Å²) < 4.78 is 55.2. The molecule has 35 heavy (non-hydrogen) atoms. The largest absolute Gasteiger partial charge is 0.381 e. The molecule has 0 atom stereocenters. The number of hydrogen-bond donors (Lipinski definition) is 2. The van der Waals surface area contributed by atoms with Crippen LogP contribution in [-0.2, 0) is 9.47 Å². The van der Waals surface area contributed by atoms with E-state index >= 15 is 0 Å². The summed E-state index contributed by atoms with van der Waals surface area (Å²) in [4.78, 5) is 13.7. The maximum atomic E-state index is 14.4. The molecule has 2 N–H and O–H groups in total. The molecule has 0 amide bonds. The van der Waals surface area contributed by atoms with E-state index in [0.29, 0.717) is 61.4 Å². The van der Waals surface area contributed by atoms with Crippen LogP contribution in [0.25, 0.3) is 11.2 Å². The van der Waals surface area contributed by atoms with E-state index in [2.05, 4.69) is 20.6 Å².